The summed E-state index contributed by atoms with van der Waals surface area (Å²) in [6.45, 7) is 1.49. The molecule has 2 aromatic rings. The van der Waals surface area contributed by atoms with Crippen LogP contribution in [-0.2, 0) is 9.53 Å². The maximum absolute atomic E-state index is 12.4. The van der Waals surface area contributed by atoms with Crippen molar-refractivity contribution < 1.29 is 34.1 Å². The highest BCUT2D eigenvalue weighted by Crippen LogP contribution is 2.34. The molecule has 2 atom stereocenters. The van der Waals surface area contributed by atoms with Crippen molar-refractivity contribution in [1.29, 1.82) is 0 Å². The van der Waals surface area contributed by atoms with Crippen molar-refractivity contribution in [3.05, 3.63) is 77.9 Å². The first kappa shape index (κ1) is 22.6. The zero-order valence-electron chi connectivity index (χ0n) is 16.4. The molecule has 0 saturated heterocycles. The fraction of sp³-hybridized carbons (Fsp3) is 0.227. The van der Waals surface area contributed by atoms with Gasteiger partial charge >= 0.3 is 12.1 Å². The molecule has 2 rings (SSSR count). The molecule has 0 spiro atoms. The number of amides is 2. The van der Waals surface area contributed by atoms with E-state index >= 15 is 0 Å². The maximum atomic E-state index is 12.4. The van der Waals surface area contributed by atoms with Gasteiger partial charge in [0.2, 0.25) is 0 Å². The number of imide groups is 1. The number of hydrogen-bond acceptors (Lipinski definition) is 6. The number of rotatable bonds is 9. The van der Waals surface area contributed by atoms with E-state index in [2.05, 4.69) is 5.32 Å². The van der Waals surface area contributed by atoms with Crippen LogP contribution in [-0.4, -0.2) is 41.4 Å². The lowest BCUT2D eigenvalue weighted by atomic mass is 9.96. The largest absolute Gasteiger partial charge is 0.491 e. The molecule has 0 fully saturated rings. The Hall–Kier alpha value is -3.65. The summed E-state index contributed by atoms with van der Waals surface area (Å²) >= 11 is 0. The summed E-state index contributed by atoms with van der Waals surface area (Å²) in [6.07, 6.45) is 0.397. The van der Waals surface area contributed by atoms with Gasteiger partial charge in [0.25, 0.3) is 5.91 Å². The van der Waals surface area contributed by atoms with E-state index in [0.29, 0.717) is 11.3 Å². The van der Waals surface area contributed by atoms with E-state index in [-0.39, 0.29) is 18.8 Å². The van der Waals surface area contributed by atoms with Crippen LogP contribution in [0.1, 0.15) is 28.9 Å². The van der Waals surface area contributed by atoms with Gasteiger partial charge in [0.1, 0.15) is 18.5 Å². The number of carboxylic acid groups (broad SMARTS) is 1. The molecule has 30 heavy (non-hydrogen) atoms. The van der Waals surface area contributed by atoms with Crippen molar-refractivity contribution in [2.75, 3.05) is 13.2 Å². The van der Waals surface area contributed by atoms with Crippen LogP contribution in [0.25, 0.3) is 0 Å². The molecule has 8 heteroatoms. The van der Waals surface area contributed by atoms with Crippen LogP contribution >= 0.6 is 0 Å². The smallest absolute Gasteiger partial charge is 0.414 e. The third-order valence-electron chi connectivity index (χ3n) is 4.08. The van der Waals surface area contributed by atoms with Gasteiger partial charge in [-0.15, -0.1) is 0 Å². The number of ether oxygens (including phenoxy) is 2. The van der Waals surface area contributed by atoms with Crippen LogP contribution in [0.3, 0.4) is 0 Å². The first-order chi connectivity index (χ1) is 14.4. The molecule has 0 bridgehead atoms. The van der Waals surface area contributed by atoms with Crippen LogP contribution in [0.5, 0.6) is 5.75 Å². The van der Waals surface area contributed by atoms with Crippen molar-refractivity contribution in [2.45, 2.75) is 13.0 Å². The number of carboxylic acids is 1. The second-order valence-corrected chi connectivity index (χ2v) is 6.31. The van der Waals surface area contributed by atoms with Gasteiger partial charge in [0.15, 0.2) is 0 Å². The maximum Gasteiger partial charge on any atom is 0.414 e. The number of alkyl carbamates (subject to hydrolysis) is 1. The van der Waals surface area contributed by atoms with Crippen LogP contribution in [0.15, 0.2) is 66.7 Å². The van der Waals surface area contributed by atoms with Crippen LogP contribution in [0.4, 0.5) is 4.79 Å². The van der Waals surface area contributed by atoms with E-state index in [1.54, 1.807) is 61.5 Å². The van der Waals surface area contributed by atoms with Gasteiger partial charge in [-0.05, 0) is 18.2 Å². The Morgan fingerprint density at radius 1 is 1.07 bits per heavy atom. The Labute approximate surface area is 173 Å². The minimum atomic E-state index is -1.14. The molecule has 158 valence electrons. The fourth-order valence-electron chi connectivity index (χ4n) is 2.69. The first-order valence-electron chi connectivity index (χ1n) is 9.23. The molecule has 8 nitrogen and oxygen atoms in total. The average Bonchev–Trinajstić information content (AvgIpc) is 2.75. The minimum absolute atomic E-state index is 0.0295. The Kier molecular flexibility index (Phi) is 8.58. The average molecular weight is 413 g/mol. The molecule has 0 aromatic heterocycles. The van der Waals surface area contributed by atoms with Gasteiger partial charge in [-0.2, -0.15) is 0 Å². The number of carbonyl (C=O) groups is 3. The number of carbonyl (C=O) groups excluding carboxylic acids is 2. The summed E-state index contributed by atoms with van der Waals surface area (Å²) in [4.78, 5) is 35.5. The van der Waals surface area contributed by atoms with Crippen molar-refractivity contribution >= 4 is 18.0 Å². The number of benzene rings is 2. The second-order valence-electron chi connectivity index (χ2n) is 6.31. The summed E-state index contributed by atoms with van der Waals surface area (Å²) in [5, 5.41) is 20.1. The lowest BCUT2D eigenvalue weighted by Crippen LogP contribution is -2.33. The standard InChI is InChI=1S/C22H23NO7/c1-15(11-12-19(25)26)20(17-9-5-6-10-18(17)29-14-13-24)30-22(28)23-21(27)16-7-3-2-4-8-16/h2-12,15,20,24H,13-14H2,1H3,(H,25,26)(H,23,27,28)/b12-11+/t15-,20-/m0/s1. The van der Waals surface area contributed by atoms with E-state index in [1.807, 2.05) is 0 Å². The zero-order valence-corrected chi connectivity index (χ0v) is 16.4. The van der Waals surface area contributed by atoms with Crippen LogP contribution in [0.2, 0.25) is 0 Å². The van der Waals surface area contributed by atoms with Gasteiger partial charge < -0.3 is 19.7 Å². The molecule has 3 N–H and O–H groups in total. The predicted molar refractivity (Wildman–Crippen MR) is 108 cm³/mol. The molecule has 0 unspecified atom stereocenters. The molecule has 0 aliphatic heterocycles. The second kappa shape index (κ2) is 11.4. The highest BCUT2D eigenvalue weighted by Gasteiger charge is 2.26. The van der Waals surface area contributed by atoms with Crippen LogP contribution < -0.4 is 10.1 Å². The number of aliphatic hydroxyl groups excluding tert-OH is 1. The van der Waals surface area contributed by atoms with Gasteiger partial charge in [-0.3, -0.25) is 10.1 Å². The summed E-state index contributed by atoms with van der Waals surface area (Å²) in [5.74, 6) is -1.96. The van der Waals surface area contributed by atoms with E-state index in [1.165, 1.54) is 6.08 Å². The third-order valence-corrected chi connectivity index (χ3v) is 4.08. The predicted octanol–water partition coefficient (Wildman–Crippen LogP) is 2.94. The molecule has 0 radical (unpaired) electrons. The van der Waals surface area contributed by atoms with Crippen molar-refractivity contribution in [3.63, 3.8) is 0 Å². The molecule has 0 saturated carbocycles. The number of para-hydroxylation sites is 1. The van der Waals surface area contributed by atoms with Crippen molar-refractivity contribution in [2.24, 2.45) is 5.92 Å². The topological polar surface area (TPSA) is 122 Å². The van der Waals surface area contributed by atoms with E-state index in [0.717, 1.165) is 6.08 Å². The van der Waals surface area contributed by atoms with E-state index < -0.39 is 30.0 Å². The highest BCUT2D eigenvalue weighted by atomic mass is 16.6. The Morgan fingerprint density at radius 3 is 2.40 bits per heavy atom. The van der Waals surface area contributed by atoms with Crippen molar-refractivity contribution in [1.82, 2.24) is 5.32 Å². The fourth-order valence-corrected chi connectivity index (χ4v) is 2.69. The van der Waals surface area contributed by atoms with Gasteiger partial charge in [0, 0.05) is 23.1 Å². The summed E-state index contributed by atoms with van der Waals surface area (Å²) in [7, 11) is 0. The SMILES string of the molecule is C[C@@H](/C=C/C(=O)O)[C@H](OC(=O)NC(=O)c1ccccc1)c1ccccc1OCCO. The monoisotopic (exact) mass is 413 g/mol. The lowest BCUT2D eigenvalue weighted by Gasteiger charge is -2.24. The lowest BCUT2D eigenvalue weighted by molar-refractivity contribution is -0.131. The van der Waals surface area contributed by atoms with Crippen molar-refractivity contribution in [3.8, 4) is 5.75 Å². The summed E-state index contributed by atoms with van der Waals surface area (Å²) in [5.41, 5.74) is 0.757. The third kappa shape index (κ3) is 6.75. The van der Waals surface area contributed by atoms with Crippen LogP contribution in [0, 0.1) is 5.92 Å². The summed E-state index contributed by atoms with van der Waals surface area (Å²) < 4.78 is 11.0. The molecule has 2 amide bonds. The highest BCUT2D eigenvalue weighted by molar-refractivity contribution is 6.02. The summed E-state index contributed by atoms with van der Waals surface area (Å²) in [6, 6.07) is 14.9. The first-order valence-corrected chi connectivity index (χ1v) is 9.23. The molecule has 0 aliphatic rings. The Balaban J connectivity index is 2.25. The quantitative estimate of drug-likeness (QED) is 0.540. The number of hydrogen-bond donors (Lipinski definition) is 3. The number of nitrogens with one attached hydrogen (secondary N) is 1. The van der Waals surface area contributed by atoms with Gasteiger partial charge in [-0.25, -0.2) is 9.59 Å². The number of aliphatic carboxylic acids is 1. The van der Waals surface area contributed by atoms with E-state index in [9.17, 15) is 14.4 Å². The van der Waals surface area contributed by atoms with Gasteiger partial charge in [-0.1, -0.05) is 49.4 Å². The van der Waals surface area contributed by atoms with E-state index in [4.69, 9.17) is 19.7 Å². The zero-order chi connectivity index (χ0) is 21.9. The normalized spacial score (nSPS) is 12.7. The molecular formula is C22H23NO7. The van der Waals surface area contributed by atoms with Gasteiger partial charge in [0.05, 0.1) is 6.61 Å². The molecular weight excluding hydrogens is 390 g/mol. The molecule has 0 heterocycles. The molecule has 0 aliphatic carbocycles. The molecule has 2 aromatic carbocycles. The Morgan fingerprint density at radius 2 is 1.73 bits per heavy atom. The Bertz CT molecular complexity index is 895. The number of aliphatic hydroxyl groups is 1. The minimum Gasteiger partial charge on any atom is -0.491 e.